The van der Waals surface area contributed by atoms with E-state index in [2.05, 4.69) is 10.9 Å². The summed E-state index contributed by atoms with van der Waals surface area (Å²) in [6.07, 6.45) is 0. The molecule has 0 radical (unpaired) electrons. The third-order valence-corrected chi connectivity index (χ3v) is 2.36. The van der Waals surface area contributed by atoms with Gasteiger partial charge >= 0.3 is 5.97 Å². The molecule has 0 heterocycles. The Morgan fingerprint density at radius 2 is 1.74 bits per heavy atom. The van der Waals surface area contributed by atoms with Gasteiger partial charge in [-0.1, -0.05) is 12.1 Å². The Hall–Kier alpha value is -1.79. The molecule has 102 valence electrons. The molecule has 0 aliphatic rings. The van der Waals surface area contributed by atoms with E-state index >= 15 is 0 Å². The van der Waals surface area contributed by atoms with Gasteiger partial charge in [-0.05, 0) is 12.1 Å². The Morgan fingerprint density at radius 3 is 2.37 bits per heavy atom. The van der Waals surface area contributed by atoms with Crippen molar-refractivity contribution in [2.24, 2.45) is 0 Å². The van der Waals surface area contributed by atoms with E-state index in [-0.39, 0.29) is 23.1 Å². The molecule has 0 unspecified atom stereocenters. The summed E-state index contributed by atoms with van der Waals surface area (Å²) in [4.78, 5) is 33.8. The van der Waals surface area contributed by atoms with Crippen LogP contribution in [0, 0.1) is 0 Å². The van der Waals surface area contributed by atoms with Crippen LogP contribution in [0.3, 0.4) is 0 Å². The van der Waals surface area contributed by atoms with Crippen LogP contribution >= 0.6 is 23.2 Å². The van der Waals surface area contributed by atoms with Crippen LogP contribution in [0.1, 0.15) is 10.4 Å². The van der Waals surface area contributed by atoms with Gasteiger partial charge in [-0.15, -0.1) is 23.2 Å². The molecule has 1 aromatic rings. The Kier molecular flexibility index (Phi) is 6.11. The summed E-state index contributed by atoms with van der Waals surface area (Å²) in [5.41, 5.74) is 4.30. The van der Waals surface area contributed by atoms with Crippen molar-refractivity contribution in [3.8, 4) is 5.75 Å². The number of halogens is 2. The molecule has 0 aliphatic heterocycles. The van der Waals surface area contributed by atoms with E-state index in [0.29, 0.717) is 0 Å². The lowest BCUT2D eigenvalue weighted by Crippen LogP contribution is -2.42. The number of hydrazine groups is 1. The molecule has 2 amide bonds. The quantitative estimate of drug-likeness (QED) is 0.373. The minimum atomic E-state index is -0.688. The van der Waals surface area contributed by atoms with Crippen LogP contribution in [0.4, 0.5) is 0 Å². The van der Waals surface area contributed by atoms with Crippen molar-refractivity contribution >= 4 is 41.0 Å². The molecule has 1 aromatic carbocycles. The number of benzene rings is 1. The molecule has 19 heavy (non-hydrogen) atoms. The Labute approximate surface area is 119 Å². The monoisotopic (exact) mass is 304 g/mol. The van der Waals surface area contributed by atoms with Gasteiger partial charge in [-0.25, -0.2) is 0 Å². The van der Waals surface area contributed by atoms with Gasteiger partial charge in [0.25, 0.3) is 11.8 Å². The fraction of sp³-hybridized carbons (Fsp3) is 0.182. The molecule has 0 saturated carbocycles. The summed E-state index contributed by atoms with van der Waals surface area (Å²) in [6.45, 7) is 0. The van der Waals surface area contributed by atoms with Gasteiger partial charge < -0.3 is 4.74 Å². The van der Waals surface area contributed by atoms with Gasteiger partial charge in [-0.3, -0.25) is 25.2 Å². The van der Waals surface area contributed by atoms with Crippen molar-refractivity contribution < 1.29 is 19.1 Å². The van der Waals surface area contributed by atoms with Crippen molar-refractivity contribution in [3.05, 3.63) is 29.8 Å². The average Bonchev–Trinajstić information content (AvgIpc) is 2.44. The normalized spacial score (nSPS) is 9.58. The fourth-order valence-corrected chi connectivity index (χ4v) is 1.24. The third kappa shape index (κ3) is 4.76. The summed E-state index contributed by atoms with van der Waals surface area (Å²) >= 11 is 10.6. The molecule has 0 spiro atoms. The van der Waals surface area contributed by atoms with Gasteiger partial charge in [-0.2, -0.15) is 0 Å². The Morgan fingerprint density at radius 1 is 1.05 bits per heavy atom. The second kappa shape index (κ2) is 7.60. The average molecular weight is 305 g/mol. The zero-order valence-electron chi connectivity index (χ0n) is 9.61. The zero-order chi connectivity index (χ0) is 14.3. The van der Waals surface area contributed by atoms with Gasteiger partial charge in [0, 0.05) is 0 Å². The zero-order valence-corrected chi connectivity index (χ0v) is 11.1. The molecule has 0 atom stereocenters. The molecule has 6 nitrogen and oxygen atoms in total. The number of esters is 1. The van der Waals surface area contributed by atoms with E-state index in [1.54, 1.807) is 12.1 Å². The number of ether oxygens (including phenoxy) is 1. The van der Waals surface area contributed by atoms with Crippen LogP contribution in [0.15, 0.2) is 24.3 Å². The van der Waals surface area contributed by atoms with Crippen molar-refractivity contribution in [1.29, 1.82) is 0 Å². The summed E-state index contributed by atoms with van der Waals surface area (Å²) < 4.78 is 4.88. The van der Waals surface area contributed by atoms with Crippen LogP contribution in [0.25, 0.3) is 0 Å². The first kappa shape index (κ1) is 15.3. The molecule has 0 fully saturated rings. The molecule has 1 rings (SSSR count). The van der Waals surface area contributed by atoms with Crippen LogP contribution in [0.5, 0.6) is 5.75 Å². The number of amides is 2. The van der Waals surface area contributed by atoms with E-state index in [1.807, 2.05) is 0 Å². The van der Waals surface area contributed by atoms with Gasteiger partial charge in [0.05, 0.1) is 5.56 Å². The van der Waals surface area contributed by atoms with Crippen molar-refractivity contribution in [1.82, 2.24) is 10.9 Å². The predicted octanol–water partition coefficient (Wildman–Crippen LogP) is 0.831. The lowest BCUT2D eigenvalue weighted by Gasteiger charge is -2.10. The SMILES string of the molecule is O=C(CCl)NNC(=O)c1ccccc1OC(=O)CCl. The van der Waals surface area contributed by atoms with Crippen molar-refractivity contribution in [3.63, 3.8) is 0 Å². The molecular weight excluding hydrogens is 295 g/mol. The highest BCUT2D eigenvalue weighted by atomic mass is 35.5. The summed E-state index contributed by atoms with van der Waals surface area (Å²) in [5.74, 6) is -2.47. The smallest absolute Gasteiger partial charge is 0.326 e. The van der Waals surface area contributed by atoms with Crippen LogP contribution in [-0.4, -0.2) is 29.5 Å². The van der Waals surface area contributed by atoms with E-state index in [0.717, 1.165) is 0 Å². The predicted molar refractivity (Wildman–Crippen MR) is 69.1 cm³/mol. The van der Waals surface area contributed by atoms with E-state index in [1.165, 1.54) is 12.1 Å². The highest BCUT2D eigenvalue weighted by molar-refractivity contribution is 6.27. The highest BCUT2D eigenvalue weighted by Gasteiger charge is 2.14. The van der Waals surface area contributed by atoms with Crippen LogP contribution < -0.4 is 15.6 Å². The minimum Gasteiger partial charge on any atom is -0.425 e. The second-order valence-electron chi connectivity index (χ2n) is 3.24. The number of hydrogen-bond donors (Lipinski definition) is 2. The lowest BCUT2D eigenvalue weighted by molar-refractivity contribution is -0.131. The molecule has 0 saturated heterocycles. The maximum atomic E-state index is 11.8. The maximum Gasteiger partial charge on any atom is 0.326 e. The molecule has 2 N–H and O–H groups in total. The topological polar surface area (TPSA) is 84.5 Å². The van der Waals surface area contributed by atoms with E-state index in [9.17, 15) is 14.4 Å². The molecule has 0 bridgehead atoms. The first-order valence-electron chi connectivity index (χ1n) is 5.09. The third-order valence-electron chi connectivity index (χ3n) is 1.90. The van der Waals surface area contributed by atoms with Crippen LogP contribution in [0.2, 0.25) is 0 Å². The fourth-order valence-electron chi connectivity index (χ4n) is 1.12. The molecule has 0 aromatic heterocycles. The summed E-state index contributed by atoms with van der Waals surface area (Å²) in [5, 5.41) is 0. The lowest BCUT2D eigenvalue weighted by atomic mass is 10.2. The van der Waals surface area contributed by atoms with Crippen molar-refractivity contribution in [2.75, 3.05) is 11.8 Å². The maximum absolute atomic E-state index is 11.8. The van der Waals surface area contributed by atoms with Gasteiger partial charge in [0.2, 0.25) is 0 Å². The Balaban J connectivity index is 2.78. The first-order valence-corrected chi connectivity index (χ1v) is 6.16. The number of nitrogens with one attached hydrogen (secondary N) is 2. The van der Waals surface area contributed by atoms with Gasteiger partial charge in [0.15, 0.2) is 0 Å². The summed E-state index contributed by atoms with van der Waals surface area (Å²) in [6, 6.07) is 6.03. The Bertz CT molecular complexity index is 493. The number of carbonyl (C=O) groups excluding carboxylic acids is 3. The largest absolute Gasteiger partial charge is 0.425 e. The highest BCUT2D eigenvalue weighted by Crippen LogP contribution is 2.17. The van der Waals surface area contributed by atoms with E-state index < -0.39 is 17.8 Å². The number of alkyl halides is 2. The standard InChI is InChI=1S/C11H10Cl2N2O4/c12-5-9(16)14-15-11(18)7-3-1-2-4-8(7)19-10(17)6-13/h1-4H,5-6H2,(H,14,16)(H,15,18). The van der Waals surface area contributed by atoms with Gasteiger partial charge in [0.1, 0.15) is 17.5 Å². The van der Waals surface area contributed by atoms with E-state index in [4.69, 9.17) is 27.9 Å². The number of hydrogen-bond acceptors (Lipinski definition) is 4. The first-order chi connectivity index (χ1) is 9.08. The number of carbonyl (C=O) groups is 3. The van der Waals surface area contributed by atoms with Crippen molar-refractivity contribution in [2.45, 2.75) is 0 Å². The summed E-state index contributed by atoms with van der Waals surface area (Å²) in [7, 11) is 0. The number of rotatable bonds is 4. The van der Waals surface area contributed by atoms with Crippen LogP contribution in [-0.2, 0) is 9.59 Å². The number of para-hydroxylation sites is 1. The minimum absolute atomic E-state index is 0.0470. The molecule has 0 aliphatic carbocycles. The molecular formula is C11H10Cl2N2O4. The molecule has 8 heteroatoms. The second-order valence-corrected chi connectivity index (χ2v) is 3.77.